The van der Waals surface area contributed by atoms with E-state index < -0.39 is 23.7 Å². The summed E-state index contributed by atoms with van der Waals surface area (Å²) >= 11 is 0. The van der Waals surface area contributed by atoms with E-state index in [4.69, 9.17) is 4.74 Å². The van der Waals surface area contributed by atoms with Crippen molar-refractivity contribution in [3.05, 3.63) is 53.6 Å². The Labute approximate surface area is 216 Å². The van der Waals surface area contributed by atoms with Crippen molar-refractivity contribution in [1.29, 1.82) is 0 Å². The minimum atomic E-state index is -4.80. The molecule has 2 aliphatic carbocycles. The van der Waals surface area contributed by atoms with Crippen LogP contribution in [0.3, 0.4) is 0 Å². The van der Waals surface area contributed by atoms with Crippen molar-refractivity contribution in [2.24, 2.45) is 23.7 Å². The quantitative estimate of drug-likeness (QED) is 0.304. The van der Waals surface area contributed by atoms with Crippen molar-refractivity contribution in [3.63, 3.8) is 0 Å². The number of ether oxygens (including phenoxy) is 2. The topological polar surface area (TPSA) is 18.5 Å². The molecule has 0 atom stereocenters. The summed E-state index contributed by atoms with van der Waals surface area (Å²) in [5.74, 6) is 1.27. The van der Waals surface area contributed by atoms with Gasteiger partial charge in [-0.2, -0.15) is 0 Å². The molecule has 2 nitrogen and oxygen atoms in total. The number of hydrogen-bond donors (Lipinski definition) is 0. The van der Waals surface area contributed by atoms with Crippen LogP contribution in [0, 0.1) is 35.3 Å². The Bertz CT molecular complexity index is 988. The van der Waals surface area contributed by atoms with Crippen LogP contribution < -0.4 is 9.47 Å². The molecule has 2 saturated carbocycles. The van der Waals surface area contributed by atoms with Crippen LogP contribution in [0.4, 0.5) is 22.0 Å². The standard InChI is InChI=1S/C30H37F5O2/c1-2-3-20-4-9-22(10-5-20)23-11-6-21(7-12-23)8-17-26-27(31)18-19-28(29(26)32)36-24-13-15-25(16-14-24)37-30(33,34)35/h13-16,18-23H,2-12,17H2,1H3. The highest BCUT2D eigenvalue weighted by Gasteiger charge is 2.32. The average Bonchev–Trinajstić information content (AvgIpc) is 2.87. The van der Waals surface area contributed by atoms with E-state index in [1.165, 1.54) is 75.6 Å². The first-order valence-corrected chi connectivity index (χ1v) is 13.7. The molecule has 0 spiro atoms. The summed E-state index contributed by atoms with van der Waals surface area (Å²) in [6, 6.07) is 7.04. The second-order valence-electron chi connectivity index (χ2n) is 10.8. The van der Waals surface area contributed by atoms with E-state index in [9.17, 15) is 17.6 Å². The van der Waals surface area contributed by atoms with Crippen LogP contribution >= 0.6 is 0 Å². The minimum Gasteiger partial charge on any atom is -0.454 e. The first kappa shape index (κ1) is 27.7. The number of hydrogen-bond acceptors (Lipinski definition) is 2. The van der Waals surface area contributed by atoms with Gasteiger partial charge in [-0.25, -0.2) is 8.78 Å². The van der Waals surface area contributed by atoms with Gasteiger partial charge < -0.3 is 9.47 Å². The zero-order valence-electron chi connectivity index (χ0n) is 21.5. The third-order valence-electron chi connectivity index (χ3n) is 8.38. The second kappa shape index (κ2) is 12.5. The molecule has 0 N–H and O–H groups in total. The fourth-order valence-electron chi connectivity index (χ4n) is 6.37. The Morgan fingerprint density at radius 3 is 1.81 bits per heavy atom. The number of rotatable bonds is 9. The van der Waals surface area contributed by atoms with Crippen molar-refractivity contribution < 1.29 is 31.4 Å². The highest BCUT2D eigenvalue weighted by molar-refractivity contribution is 5.38. The van der Waals surface area contributed by atoms with E-state index in [-0.39, 0.29) is 17.1 Å². The van der Waals surface area contributed by atoms with Crippen LogP contribution in [0.15, 0.2) is 36.4 Å². The predicted octanol–water partition coefficient (Wildman–Crippen LogP) is 10.0. The maximum Gasteiger partial charge on any atom is 0.573 e. The molecule has 0 aromatic heterocycles. The van der Waals surface area contributed by atoms with Gasteiger partial charge in [0.1, 0.15) is 17.3 Å². The van der Waals surface area contributed by atoms with Gasteiger partial charge in [-0.15, -0.1) is 13.2 Å². The summed E-state index contributed by atoms with van der Waals surface area (Å²) in [4.78, 5) is 0. The van der Waals surface area contributed by atoms with Crippen molar-refractivity contribution in [2.75, 3.05) is 0 Å². The molecule has 0 amide bonds. The van der Waals surface area contributed by atoms with Crippen molar-refractivity contribution in [2.45, 2.75) is 90.3 Å². The average molecular weight is 525 g/mol. The second-order valence-corrected chi connectivity index (χ2v) is 10.8. The lowest BCUT2D eigenvalue weighted by molar-refractivity contribution is -0.274. The van der Waals surface area contributed by atoms with Gasteiger partial charge >= 0.3 is 6.36 Å². The van der Waals surface area contributed by atoms with Gasteiger partial charge in [0.05, 0.1) is 0 Å². The largest absolute Gasteiger partial charge is 0.573 e. The van der Waals surface area contributed by atoms with Crippen LogP contribution in [0.1, 0.15) is 83.1 Å². The number of halogens is 5. The van der Waals surface area contributed by atoms with E-state index in [0.29, 0.717) is 12.3 Å². The molecule has 7 heteroatoms. The Morgan fingerprint density at radius 2 is 1.27 bits per heavy atom. The van der Waals surface area contributed by atoms with Gasteiger partial charge in [-0.05, 0) is 98.6 Å². The Balaban J connectivity index is 1.28. The fourth-order valence-corrected chi connectivity index (χ4v) is 6.37. The van der Waals surface area contributed by atoms with E-state index in [0.717, 1.165) is 49.1 Å². The summed E-state index contributed by atoms with van der Waals surface area (Å²) < 4.78 is 76.0. The maximum atomic E-state index is 15.1. The number of benzene rings is 2. The molecular weight excluding hydrogens is 487 g/mol. The summed E-state index contributed by atoms with van der Waals surface area (Å²) in [5.41, 5.74) is 0.00546. The van der Waals surface area contributed by atoms with Crippen LogP contribution in [-0.2, 0) is 6.42 Å². The maximum absolute atomic E-state index is 15.1. The van der Waals surface area contributed by atoms with Crippen molar-refractivity contribution >= 4 is 0 Å². The molecule has 37 heavy (non-hydrogen) atoms. The molecule has 2 fully saturated rings. The zero-order chi connectivity index (χ0) is 26.4. The van der Waals surface area contributed by atoms with Crippen LogP contribution in [0.5, 0.6) is 17.2 Å². The SMILES string of the molecule is CCCC1CCC(C2CCC(CCc3c(F)ccc(Oc4ccc(OC(F)(F)F)cc4)c3F)CC2)CC1. The minimum absolute atomic E-state index is 0.00546. The predicted molar refractivity (Wildman–Crippen MR) is 134 cm³/mol. The van der Waals surface area contributed by atoms with E-state index in [1.54, 1.807) is 0 Å². The van der Waals surface area contributed by atoms with E-state index >= 15 is 4.39 Å². The molecule has 2 aromatic carbocycles. The van der Waals surface area contributed by atoms with Gasteiger partial charge in [0.2, 0.25) is 0 Å². The normalized spacial score (nSPS) is 24.6. The Kier molecular flexibility index (Phi) is 9.36. The monoisotopic (exact) mass is 524 g/mol. The number of alkyl halides is 3. The molecule has 4 rings (SSSR count). The van der Waals surface area contributed by atoms with Crippen molar-refractivity contribution in [3.8, 4) is 17.2 Å². The highest BCUT2D eigenvalue weighted by Crippen LogP contribution is 2.43. The van der Waals surface area contributed by atoms with Gasteiger partial charge in [0, 0.05) is 5.56 Å². The van der Waals surface area contributed by atoms with Gasteiger partial charge in [0.15, 0.2) is 11.6 Å². The lowest BCUT2D eigenvalue weighted by Gasteiger charge is -2.38. The lowest BCUT2D eigenvalue weighted by Crippen LogP contribution is -2.26. The summed E-state index contributed by atoms with van der Waals surface area (Å²) in [5, 5.41) is 0. The third-order valence-corrected chi connectivity index (χ3v) is 8.38. The van der Waals surface area contributed by atoms with Crippen LogP contribution in [0.2, 0.25) is 0 Å². The third kappa shape index (κ3) is 7.84. The highest BCUT2D eigenvalue weighted by atomic mass is 19.4. The van der Waals surface area contributed by atoms with Gasteiger partial charge in [-0.3, -0.25) is 0 Å². The molecule has 2 aromatic rings. The summed E-state index contributed by atoms with van der Waals surface area (Å²) in [7, 11) is 0. The lowest BCUT2D eigenvalue weighted by atomic mass is 9.68. The van der Waals surface area contributed by atoms with Crippen LogP contribution in [0.25, 0.3) is 0 Å². The molecule has 2 aliphatic rings. The first-order chi connectivity index (χ1) is 17.7. The summed E-state index contributed by atoms with van der Waals surface area (Å²) in [6.45, 7) is 2.27. The van der Waals surface area contributed by atoms with Crippen molar-refractivity contribution in [1.82, 2.24) is 0 Å². The zero-order valence-corrected chi connectivity index (χ0v) is 21.5. The molecular formula is C30H37F5O2. The molecule has 204 valence electrons. The van der Waals surface area contributed by atoms with E-state index in [2.05, 4.69) is 11.7 Å². The Morgan fingerprint density at radius 1 is 0.730 bits per heavy atom. The molecule has 0 aliphatic heterocycles. The van der Waals surface area contributed by atoms with Gasteiger partial charge in [-0.1, -0.05) is 45.4 Å². The van der Waals surface area contributed by atoms with Gasteiger partial charge in [0.25, 0.3) is 0 Å². The molecule has 0 saturated heterocycles. The fraction of sp³-hybridized carbons (Fsp3) is 0.600. The Hall–Kier alpha value is -2.31. The molecule has 0 heterocycles. The first-order valence-electron chi connectivity index (χ1n) is 13.7. The summed E-state index contributed by atoms with van der Waals surface area (Å²) in [6.07, 6.45) is 9.02. The van der Waals surface area contributed by atoms with Crippen LogP contribution in [-0.4, -0.2) is 6.36 Å². The smallest absolute Gasteiger partial charge is 0.454 e. The molecule has 0 unspecified atom stereocenters. The van der Waals surface area contributed by atoms with E-state index in [1.807, 2.05) is 0 Å². The molecule has 0 bridgehead atoms. The molecule has 0 radical (unpaired) electrons.